The SMILES string of the molecule is C=CCO[C@H]1CN(c2nc(-c3nccn3CCOC)c(C(=O)O)s2)CC[C@H]1CC(=O)c1[nH]c(C)c(Cl)c1Cl. The van der Waals surface area contributed by atoms with E-state index in [-0.39, 0.29) is 34.1 Å². The molecule has 0 aromatic carbocycles. The molecule has 2 atom stereocenters. The van der Waals surface area contributed by atoms with Crippen molar-refractivity contribution < 1.29 is 24.2 Å². The van der Waals surface area contributed by atoms with Gasteiger partial charge >= 0.3 is 5.97 Å². The number of halogens is 2. The van der Waals surface area contributed by atoms with Crippen LogP contribution in [-0.4, -0.2) is 75.9 Å². The second-order valence-corrected chi connectivity index (χ2v) is 10.7. The quantitative estimate of drug-likeness (QED) is 0.227. The number of nitrogens with zero attached hydrogens (tertiary/aromatic N) is 4. The van der Waals surface area contributed by atoms with Crippen LogP contribution in [0.25, 0.3) is 11.5 Å². The van der Waals surface area contributed by atoms with Crippen molar-refractivity contribution in [1.82, 2.24) is 19.5 Å². The number of carbonyl (C=O) groups is 2. The van der Waals surface area contributed by atoms with E-state index < -0.39 is 5.97 Å². The van der Waals surface area contributed by atoms with Crippen LogP contribution in [0.1, 0.15) is 38.7 Å². The number of carboxylic acids is 1. The maximum absolute atomic E-state index is 13.1. The number of aromatic nitrogens is 4. The first-order valence-corrected chi connectivity index (χ1v) is 13.6. The van der Waals surface area contributed by atoms with Gasteiger partial charge in [-0.15, -0.1) is 6.58 Å². The summed E-state index contributed by atoms with van der Waals surface area (Å²) in [4.78, 5) is 39.3. The molecule has 1 aliphatic rings. The summed E-state index contributed by atoms with van der Waals surface area (Å²) < 4.78 is 13.0. The second-order valence-electron chi connectivity index (χ2n) is 8.95. The average Bonchev–Trinajstić information content (AvgIpc) is 3.61. The Kier molecular flexibility index (Phi) is 9.27. The smallest absolute Gasteiger partial charge is 0.348 e. The Hall–Kier alpha value is -2.70. The number of thiazole rings is 1. The van der Waals surface area contributed by atoms with Crippen molar-refractivity contribution in [2.24, 2.45) is 5.92 Å². The molecule has 0 saturated carbocycles. The van der Waals surface area contributed by atoms with Gasteiger partial charge in [0.25, 0.3) is 0 Å². The Labute approximate surface area is 234 Å². The zero-order valence-electron chi connectivity index (χ0n) is 21.1. The number of ether oxygens (including phenoxy) is 2. The van der Waals surface area contributed by atoms with Gasteiger partial charge in [0.15, 0.2) is 16.7 Å². The highest BCUT2D eigenvalue weighted by Gasteiger charge is 2.35. The van der Waals surface area contributed by atoms with E-state index in [1.54, 1.807) is 32.5 Å². The lowest BCUT2D eigenvalue weighted by molar-refractivity contribution is 0.0184. The highest BCUT2D eigenvalue weighted by atomic mass is 35.5. The van der Waals surface area contributed by atoms with Gasteiger partial charge in [-0.3, -0.25) is 4.79 Å². The molecule has 0 aliphatic carbocycles. The van der Waals surface area contributed by atoms with Crippen LogP contribution in [0.3, 0.4) is 0 Å². The van der Waals surface area contributed by atoms with Gasteiger partial charge < -0.3 is 29.0 Å². The number of carbonyl (C=O) groups excluding carboxylic acids is 1. The molecular formula is C25H29Cl2N5O5S. The molecule has 1 aliphatic heterocycles. The van der Waals surface area contributed by atoms with Gasteiger partial charge in [-0.25, -0.2) is 14.8 Å². The zero-order valence-corrected chi connectivity index (χ0v) is 23.4. The van der Waals surface area contributed by atoms with E-state index in [2.05, 4.69) is 16.5 Å². The number of piperidine rings is 1. The molecule has 3 aromatic heterocycles. The standard InChI is InChI=1S/C25H29Cl2N5O5S/c1-4-10-37-17-13-32(7-5-15(17)12-16(33)20-19(27)18(26)14(2)29-20)25-30-21(22(38-25)24(34)35)23-28-6-8-31(23)9-11-36-3/h4,6,8,15,17,29H,1,5,7,9-13H2,2-3H3,(H,34,35)/t15-,17-/m0/s1. The molecule has 204 valence electrons. The van der Waals surface area contributed by atoms with Crippen LogP contribution in [0.5, 0.6) is 0 Å². The minimum absolute atomic E-state index is 0.0801. The summed E-state index contributed by atoms with van der Waals surface area (Å²) in [7, 11) is 1.60. The minimum atomic E-state index is -1.07. The van der Waals surface area contributed by atoms with Crippen LogP contribution in [0.4, 0.5) is 5.13 Å². The Bertz CT molecular complexity index is 1320. The van der Waals surface area contributed by atoms with Gasteiger partial charge in [0.1, 0.15) is 16.3 Å². The fraction of sp³-hybridized carbons (Fsp3) is 0.440. The minimum Gasteiger partial charge on any atom is -0.477 e. The Balaban J connectivity index is 1.56. The van der Waals surface area contributed by atoms with E-state index in [1.807, 2.05) is 9.47 Å². The first-order valence-electron chi connectivity index (χ1n) is 12.0. The number of ketones is 1. The van der Waals surface area contributed by atoms with E-state index in [9.17, 15) is 14.7 Å². The number of aromatic amines is 1. The number of methoxy groups -OCH3 is 1. The van der Waals surface area contributed by atoms with Crippen molar-refractivity contribution in [3.63, 3.8) is 0 Å². The highest BCUT2D eigenvalue weighted by molar-refractivity contribution is 7.17. The highest BCUT2D eigenvalue weighted by Crippen LogP contribution is 2.37. The summed E-state index contributed by atoms with van der Waals surface area (Å²) in [5.74, 6) is -0.813. The van der Waals surface area contributed by atoms with E-state index in [1.165, 1.54) is 0 Å². The van der Waals surface area contributed by atoms with Gasteiger partial charge in [0.05, 0.1) is 29.4 Å². The Morgan fingerprint density at radius 2 is 2.16 bits per heavy atom. The van der Waals surface area contributed by atoms with Crippen LogP contribution in [0.2, 0.25) is 10.0 Å². The number of aromatic carboxylic acids is 1. The monoisotopic (exact) mass is 581 g/mol. The molecule has 2 N–H and O–H groups in total. The zero-order chi connectivity index (χ0) is 27.4. The third-order valence-electron chi connectivity index (χ3n) is 6.45. The molecule has 0 unspecified atom stereocenters. The topological polar surface area (TPSA) is 123 Å². The molecule has 1 saturated heterocycles. The summed E-state index contributed by atoms with van der Waals surface area (Å²) in [5.41, 5.74) is 1.26. The van der Waals surface area contributed by atoms with Crippen LogP contribution >= 0.6 is 34.5 Å². The van der Waals surface area contributed by atoms with Crippen molar-refractivity contribution in [2.45, 2.75) is 32.4 Å². The number of hydrogen-bond donors (Lipinski definition) is 2. The molecule has 10 nitrogen and oxygen atoms in total. The average molecular weight is 583 g/mol. The molecular weight excluding hydrogens is 553 g/mol. The third kappa shape index (κ3) is 5.97. The molecule has 0 bridgehead atoms. The number of nitrogens with one attached hydrogen (secondary N) is 1. The molecule has 0 spiro atoms. The Morgan fingerprint density at radius 3 is 2.82 bits per heavy atom. The Morgan fingerprint density at radius 1 is 1.37 bits per heavy atom. The lowest BCUT2D eigenvalue weighted by Gasteiger charge is -2.38. The van der Waals surface area contributed by atoms with Gasteiger partial charge in [-0.1, -0.05) is 40.6 Å². The van der Waals surface area contributed by atoms with Crippen molar-refractivity contribution in [2.75, 3.05) is 38.3 Å². The first kappa shape index (κ1) is 28.3. The van der Waals surface area contributed by atoms with Crippen LogP contribution in [-0.2, 0) is 16.0 Å². The number of imidazole rings is 1. The van der Waals surface area contributed by atoms with E-state index in [4.69, 9.17) is 37.7 Å². The van der Waals surface area contributed by atoms with E-state index in [0.717, 1.165) is 11.3 Å². The van der Waals surface area contributed by atoms with Crippen LogP contribution in [0, 0.1) is 12.8 Å². The van der Waals surface area contributed by atoms with Crippen LogP contribution in [0.15, 0.2) is 25.0 Å². The van der Waals surface area contributed by atoms with E-state index in [0.29, 0.717) is 72.3 Å². The molecule has 0 radical (unpaired) electrons. The van der Waals surface area contributed by atoms with Gasteiger partial charge in [-0.2, -0.15) is 0 Å². The molecule has 38 heavy (non-hydrogen) atoms. The van der Waals surface area contributed by atoms with Crippen molar-refractivity contribution >= 4 is 51.4 Å². The lowest BCUT2D eigenvalue weighted by atomic mass is 9.88. The fourth-order valence-corrected chi connectivity index (χ4v) is 5.87. The number of Topliss-reactive ketones (excluding diaryl/α,β-unsaturated/α-hetero) is 1. The molecule has 13 heteroatoms. The molecule has 1 fully saturated rings. The first-order chi connectivity index (χ1) is 18.2. The van der Waals surface area contributed by atoms with Crippen molar-refractivity contribution in [1.29, 1.82) is 0 Å². The third-order valence-corrected chi connectivity index (χ3v) is 8.50. The number of carboxylic acid groups (broad SMARTS) is 1. The summed E-state index contributed by atoms with van der Waals surface area (Å²) in [6.07, 6.45) is 5.60. The number of anilines is 1. The summed E-state index contributed by atoms with van der Waals surface area (Å²) in [6.45, 7) is 7.80. The molecule has 4 rings (SSSR count). The van der Waals surface area contributed by atoms with Crippen molar-refractivity contribution in [3.8, 4) is 11.5 Å². The number of H-pyrrole nitrogens is 1. The fourth-order valence-electron chi connectivity index (χ4n) is 4.49. The van der Waals surface area contributed by atoms with Crippen molar-refractivity contribution in [3.05, 3.63) is 51.4 Å². The molecule has 4 heterocycles. The van der Waals surface area contributed by atoms with Gasteiger partial charge in [-0.05, 0) is 19.3 Å². The maximum atomic E-state index is 13.1. The summed E-state index contributed by atoms with van der Waals surface area (Å²) >= 11 is 13.5. The van der Waals surface area contributed by atoms with Crippen LogP contribution < -0.4 is 4.90 Å². The number of rotatable bonds is 12. The summed E-state index contributed by atoms with van der Waals surface area (Å²) in [5, 5.41) is 11.0. The lowest BCUT2D eigenvalue weighted by Crippen LogP contribution is -2.46. The van der Waals surface area contributed by atoms with E-state index >= 15 is 0 Å². The predicted molar refractivity (Wildman–Crippen MR) is 147 cm³/mol. The number of hydrogen-bond acceptors (Lipinski definition) is 8. The predicted octanol–water partition coefficient (Wildman–Crippen LogP) is 4.97. The number of aryl methyl sites for hydroxylation is 1. The molecule has 3 aromatic rings. The largest absolute Gasteiger partial charge is 0.477 e. The second kappa shape index (κ2) is 12.4. The van der Waals surface area contributed by atoms with Gasteiger partial charge in [0.2, 0.25) is 0 Å². The summed E-state index contributed by atoms with van der Waals surface area (Å²) in [6, 6.07) is 0. The van der Waals surface area contributed by atoms with Gasteiger partial charge in [0, 0.05) is 51.3 Å². The normalized spacial score (nSPS) is 17.6. The molecule has 0 amide bonds. The maximum Gasteiger partial charge on any atom is 0.348 e.